The van der Waals surface area contributed by atoms with Crippen LogP contribution < -0.4 is 10.6 Å². The number of methoxy groups -OCH3 is 1. The standard InChI is InChI=1S/C17H23ClN2O3/c1-10(2)16(20-15(21)9-23-3)17(22)19-14-8-13(14)11-5-4-6-12(18)7-11/h4-7,10,13-14,16H,8-9H2,1-3H3,(H,19,22)(H,20,21)/t13?,14?,16-/m0/s1. The summed E-state index contributed by atoms with van der Waals surface area (Å²) in [7, 11) is 1.45. The van der Waals surface area contributed by atoms with Gasteiger partial charge in [0.05, 0.1) is 0 Å². The third-order valence-electron chi connectivity index (χ3n) is 3.94. The molecular weight excluding hydrogens is 316 g/mol. The minimum Gasteiger partial charge on any atom is -0.375 e. The summed E-state index contributed by atoms with van der Waals surface area (Å²) in [5.41, 5.74) is 1.13. The Balaban J connectivity index is 1.91. The maximum atomic E-state index is 12.4. The SMILES string of the molecule is COCC(=O)N[C@H](C(=O)NC1CC1c1cccc(Cl)c1)C(C)C. The van der Waals surface area contributed by atoms with Crippen molar-refractivity contribution in [2.45, 2.75) is 38.3 Å². The number of amides is 2. The summed E-state index contributed by atoms with van der Waals surface area (Å²) in [6.07, 6.45) is 0.892. The van der Waals surface area contributed by atoms with E-state index in [1.54, 1.807) is 0 Å². The largest absolute Gasteiger partial charge is 0.375 e. The maximum absolute atomic E-state index is 12.4. The van der Waals surface area contributed by atoms with Crippen molar-refractivity contribution < 1.29 is 14.3 Å². The Labute approximate surface area is 141 Å². The third-order valence-corrected chi connectivity index (χ3v) is 4.17. The van der Waals surface area contributed by atoms with Gasteiger partial charge in [-0.3, -0.25) is 9.59 Å². The number of hydrogen-bond donors (Lipinski definition) is 2. The van der Waals surface area contributed by atoms with E-state index in [-0.39, 0.29) is 30.4 Å². The number of hydrogen-bond acceptors (Lipinski definition) is 3. The zero-order valence-electron chi connectivity index (χ0n) is 13.6. The molecule has 0 bridgehead atoms. The predicted molar refractivity (Wildman–Crippen MR) is 89.4 cm³/mol. The zero-order valence-corrected chi connectivity index (χ0v) is 14.4. The van der Waals surface area contributed by atoms with E-state index in [4.69, 9.17) is 16.3 Å². The molecule has 1 aromatic carbocycles. The predicted octanol–water partition coefficient (Wildman–Crippen LogP) is 2.10. The minimum atomic E-state index is -0.557. The van der Waals surface area contributed by atoms with Gasteiger partial charge in [-0.1, -0.05) is 37.6 Å². The van der Waals surface area contributed by atoms with Gasteiger partial charge in [0.2, 0.25) is 11.8 Å². The minimum absolute atomic E-state index is 0.000763. The van der Waals surface area contributed by atoms with Crippen LogP contribution >= 0.6 is 11.6 Å². The van der Waals surface area contributed by atoms with Crippen LogP contribution in [0, 0.1) is 5.92 Å². The summed E-state index contributed by atoms with van der Waals surface area (Å²) >= 11 is 6.00. The summed E-state index contributed by atoms with van der Waals surface area (Å²) in [5, 5.41) is 6.43. The van der Waals surface area contributed by atoms with Crippen molar-refractivity contribution in [3.63, 3.8) is 0 Å². The first-order chi connectivity index (χ1) is 10.9. The van der Waals surface area contributed by atoms with Gasteiger partial charge in [0.25, 0.3) is 0 Å². The summed E-state index contributed by atoms with van der Waals surface area (Å²) in [5.74, 6) is -0.151. The molecule has 1 fully saturated rings. The lowest BCUT2D eigenvalue weighted by atomic mass is 10.0. The number of carbonyl (C=O) groups excluding carboxylic acids is 2. The summed E-state index contributed by atoms with van der Waals surface area (Å²) < 4.78 is 4.79. The van der Waals surface area contributed by atoms with Crippen molar-refractivity contribution in [1.29, 1.82) is 0 Å². The molecule has 5 nitrogen and oxygen atoms in total. The highest BCUT2D eigenvalue weighted by molar-refractivity contribution is 6.30. The Hall–Kier alpha value is -1.59. The van der Waals surface area contributed by atoms with E-state index in [0.29, 0.717) is 10.9 Å². The number of benzene rings is 1. The molecule has 0 radical (unpaired) electrons. The molecule has 2 unspecified atom stereocenters. The Morgan fingerprint density at radius 1 is 1.39 bits per heavy atom. The molecule has 6 heteroatoms. The van der Waals surface area contributed by atoms with Crippen molar-refractivity contribution in [1.82, 2.24) is 10.6 Å². The van der Waals surface area contributed by atoms with Crippen molar-refractivity contribution in [2.75, 3.05) is 13.7 Å². The average Bonchev–Trinajstić information content (AvgIpc) is 3.24. The second-order valence-electron chi connectivity index (χ2n) is 6.23. The van der Waals surface area contributed by atoms with Gasteiger partial charge in [-0.2, -0.15) is 0 Å². The van der Waals surface area contributed by atoms with Gasteiger partial charge in [-0.25, -0.2) is 0 Å². The van der Waals surface area contributed by atoms with Crippen LogP contribution in [0.4, 0.5) is 0 Å². The molecule has 126 valence electrons. The molecule has 0 aliphatic heterocycles. The van der Waals surface area contributed by atoms with E-state index < -0.39 is 6.04 Å². The molecule has 0 spiro atoms. The monoisotopic (exact) mass is 338 g/mol. The van der Waals surface area contributed by atoms with Gasteiger partial charge < -0.3 is 15.4 Å². The molecule has 23 heavy (non-hydrogen) atoms. The Kier molecular flexibility index (Phi) is 6.02. The van der Waals surface area contributed by atoms with Crippen LogP contribution in [0.1, 0.15) is 31.7 Å². The van der Waals surface area contributed by atoms with E-state index in [9.17, 15) is 9.59 Å². The first-order valence-electron chi connectivity index (χ1n) is 7.76. The molecule has 0 heterocycles. The number of nitrogens with one attached hydrogen (secondary N) is 2. The number of rotatable bonds is 7. The maximum Gasteiger partial charge on any atom is 0.246 e. The number of carbonyl (C=O) groups is 2. The molecule has 1 aromatic rings. The average molecular weight is 339 g/mol. The molecular formula is C17H23ClN2O3. The first-order valence-corrected chi connectivity index (χ1v) is 8.14. The van der Waals surface area contributed by atoms with E-state index in [1.165, 1.54) is 7.11 Å². The Bertz CT molecular complexity index is 577. The number of ether oxygens (including phenoxy) is 1. The second-order valence-corrected chi connectivity index (χ2v) is 6.67. The fourth-order valence-corrected chi connectivity index (χ4v) is 2.81. The molecule has 2 rings (SSSR count). The Morgan fingerprint density at radius 2 is 2.13 bits per heavy atom. The van der Waals surface area contributed by atoms with Crippen LogP contribution in [0.25, 0.3) is 0 Å². The summed E-state index contributed by atoms with van der Waals surface area (Å²) in [6, 6.07) is 7.24. The molecule has 1 aliphatic rings. The summed E-state index contributed by atoms with van der Waals surface area (Å²) in [4.78, 5) is 24.1. The van der Waals surface area contributed by atoms with Gasteiger partial charge >= 0.3 is 0 Å². The van der Waals surface area contributed by atoms with Crippen LogP contribution in [0.3, 0.4) is 0 Å². The molecule has 1 saturated carbocycles. The quantitative estimate of drug-likeness (QED) is 0.800. The van der Waals surface area contributed by atoms with E-state index in [0.717, 1.165) is 12.0 Å². The lowest BCUT2D eigenvalue weighted by Crippen LogP contribution is -2.51. The van der Waals surface area contributed by atoms with Crippen molar-refractivity contribution in [3.8, 4) is 0 Å². The fourth-order valence-electron chi connectivity index (χ4n) is 2.61. The first kappa shape index (κ1) is 17.8. The van der Waals surface area contributed by atoms with Gasteiger partial charge in [0.15, 0.2) is 0 Å². The highest BCUT2D eigenvalue weighted by Crippen LogP contribution is 2.41. The topological polar surface area (TPSA) is 67.4 Å². The molecule has 3 atom stereocenters. The lowest BCUT2D eigenvalue weighted by Gasteiger charge is -2.21. The van der Waals surface area contributed by atoms with Gasteiger partial charge in [0.1, 0.15) is 12.6 Å². The van der Waals surface area contributed by atoms with E-state index in [2.05, 4.69) is 10.6 Å². The van der Waals surface area contributed by atoms with Crippen molar-refractivity contribution >= 4 is 23.4 Å². The van der Waals surface area contributed by atoms with Gasteiger partial charge in [0, 0.05) is 24.1 Å². The van der Waals surface area contributed by atoms with Crippen LogP contribution in [0.2, 0.25) is 5.02 Å². The highest BCUT2D eigenvalue weighted by atomic mass is 35.5. The van der Waals surface area contributed by atoms with Crippen LogP contribution in [-0.4, -0.2) is 37.6 Å². The number of halogens is 1. The van der Waals surface area contributed by atoms with Crippen LogP contribution in [0.15, 0.2) is 24.3 Å². The molecule has 2 amide bonds. The van der Waals surface area contributed by atoms with Crippen LogP contribution in [0.5, 0.6) is 0 Å². The second kappa shape index (κ2) is 7.79. The molecule has 0 saturated heterocycles. The van der Waals surface area contributed by atoms with E-state index >= 15 is 0 Å². The molecule has 0 aromatic heterocycles. The van der Waals surface area contributed by atoms with E-state index in [1.807, 2.05) is 38.1 Å². The zero-order chi connectivity index (χ0) is 17.0. The van der Waals surface area contributed by atoms with Crippen molar-refractivity contribution in [2.24, 2.45) is 5.92 Å². The van der Waals surface area contributed by atoms with Crippen LogP contribution in [-0.2, 0) is 14.3 Å². The lowest BCUT2D eigenvalue weighted by molar-refractivity contribution is -0.132. The Morgan fingerprint density at radius 3 is 2.74 bits per heavy atom. The highest BCUT2D eigenvalue weighted by Gasteiger charge is 2.41. The normalized spacial score (nSPS) is 20.9. The third kappa shape index (κ3) is 4.94. The fraction of sp³-hybridized carbons (Fsp3) is 0.529. The molecule has 1 aliphatic carbocycles. The van der Waals surface area contributed by atoms with Gasteiger partial charge in [-0.15, -0.1) is 0 Å². The van der Waals surface area contributed by atoms with Gasteiger partial charge in [-0.05, 0) is 30.0 Å². The van der Waals surface area contributed by atoms with Crippen molar-refractivity contribution in [3.05, 3.63) is 34.9 Å². The smallest absolute Gasteiger partial charge is 0.246 e. The summed E-state index contributed by atoms with van der Waals surface area (Å²) in [6.45, 7) is 3.75. The molecule has 2 N–H and O–H groups in total.